The summed E-state index contributed by atoms with van der Waals surface area (Å²) in [6, 6.07) is 13.9. The van der Waals surface area contributed by atoms with Gasteiger partial charge in [-0.15, -0.1) is 35.4 Å². The number of aromatic nitrogens is 1. The first-order valence-electron chi connectivity index (χ1n) is 7.17. The van der Waals surface area contributed by atoms with Crippen molar-refractivity contribution in [2.75, 3.05) is 0 Å². The minimum atomic E-state index is 0. The zero-order valence-corrected chi connectivity index (χ0v) is 17.1. The third-order valence-electron chi connectivity index (χ3n) is 3.57. The predicted molar refractivity (Wildman–Crippen MR) is 92.3 cm³/mol. The van der Waals surface area contributed by atoms with Gasteiger partial charge in [-0.3, -0.25) is 0 Å². The Hall–Kier alpha value is -0.981. The maximum absolute atomic E-state index is 4.61. The van der Waals surface area contributed by atoms with Crippen LogP contribution in [0.1, 0.15) is 52.7 Å². The molecule has 0 aliphatic carbocycles. The van der Waals surface area contributed by atoms with Crippen LogP contribution in [0.25, 0.3) is 11.3 Å². The first-order valence-corrected chi connectivity index (χ1v) is 7.17. The second-order valence-electron chi connectivity index (χ2n) is 7.42. The van der Waals surface area contributed by atoms with Crippen molar-refractivity contribution in [2.24, 2.45) is 0 Å². The van der Waals surface area contributed by atoms with Gasteiger partial charge in [-0.1, -0.05) is 53.7 Å². The molecule has 1 heterocycles. The van der Waals surface area contributed by atoms with Crippen LogP contribution in [0.4, 0.5) is 0 Å². The SMILES string of the molecule is CC(C)(C)c1ccc(-c2[c-]ccc(C(C)(C)C)c2)nc1.[CH3-].[Ir]. The zero-order chi connectivity index (χ0) is 15.0. The number of nitrogens with zero attached hydrogens (tertiary/aromatic N) is 1. The van der Waals surface area contributed by atoms with Crippen LogP contribution in [0.5, 0.6) is 0 Å². The largest absolute Gasteiger partial charge is 0.358 e. The van der Waals surface area contributed by atoms with E-state index in [0.717, 1.165) is 11.3 Å². The molecule has 0 fully saturated rings. The quantitative estimate of drug-likeness (QED) is 0.492. The average molecular weight is 474 g/mol. The van der Waals surface area contributed by atoms with Crippen LogP contribution in [0.15, 0.2) is 36.5 Å². The van der Waals surface area contributed by atoms with Crippen molar-refractivity contribution in [2.45, 2.75) is 52.4 Å². The molecule has 0 unspecified atom stereocenters. The Morgan fingerprint density at radius 1 is 0.864 bits per heavy atom. The Balaban J connectivity index is 0.00000220. The second-order valence-corrected chi connectivity index (χ2v) is 7.42. The Morgan fingerprint density at radius 3 is 1.91 bits per heavy atom. The number of hydrogen-bond donors (Lipinski definition) is 0. The van der Waals surface area contributed by atoms with E-state index in [1.807, 2.05) is 12.3 Å². The fraction of sp³-hybridized carbons (Fsp3) is 0.400. The van der Waals surface area contributed by atoms with Crippen molar-refractivity contribution in [1.82, 2.24) is 4.98 Å². The van der Waals surface area contributed by atoms with E-state index in [9.17, 15) is 0 Å². The minimum Gasteiger partial charge on any atom is -0.358 e. The van der Waals surface area contributed by atoms with Gasteiger partial charge >= 0.3 is 0 Å². The van der Waals surface area contributed by atoms with Gasteiger partial charge in [0.15, 0.2) is 0 Å². The molecule has 1 aromatic heterocycles. The molecular weight excluding hydrogens is 446 g/mol. The van der Waals surface area contributed by atoms with Gasteiger partial charge in [0.2, 0.25) is 0 Å². The summed E-state index contributed by atoms with van der Waals surface area (Å²) in [5.74, 6) is 0. The number of hydrogen-bond acceptors (Lipinski definition) is 1. The van der Waals surface area contributed by atoms with Crippen LogP contribution in [0.3, 0.4) is 0 Å². The molecule has 1 nitrogen and oxygen atoms in total. The summed E-state index contributed by atoms with van der Waals surface area (Å²) in [6.45, 7) is 13.3. The van der Waals surface area contributed by atoms with E-state index < -0.39 is 0 Å². The van der Waals surface area contributed by atoms with Crippen LogP contribution in [-0.2, 0) is 30.9 Å². The van der Waals surface area contributed by atoms with E-state index in [2.05, 4.69) is 76.9 Å². The van der Waals surface area contributed by atoms with E-state index in [1.165, 1.54) is 11.1 Å². The second kappa shape index (κ2) is 7.53. The summed E-state index contributed by atoms with van der Waals surface area (Å²) in [5, 5.41) is 0. The molecule has 0 saturated heterocycles. The molecule has 0 bridgehead atoms. The molecule has 0 amide bonds. The molecule has 2 rings (SSSR count). The Bertz CT molecular complexity index is 586. The van der Waals surface area contributed by atoms with Crippen LogP contribution >= 0.6 is 0 Å². The molecule has 0 aliphatic rings. The van der Waals surface area contributed by atoms with Gasteiger partial charge < -0.3 is 12.4 Å². The summed E-state index contributed by atoms with van der Waals surface area (Å²) in [5.41, 5.74) is 4.92. The Kier molecular flexibility index (Phi) is 7.19. The molecule has 22 heavy (non-hydrogen) atoms. The van der Waals surface area contributed by atoms with E-state index in [-0.39, 0.29) is 38.4 Å². The smallest absolute Gasteiger partial charge is 0.0198 e. The first kappa shape index (κ1) is 21.0. The Morgan fingerprint density at radius 2 is 1.45 bits per heavy atom. The normalized spacial score (nSPS) is 11.4. The average Bonchev–Trinajstić information content (AvgIpc) is 2.37. The molecular formula is C20H27IrN-2. The molecule has 2 aromatic rings. The summed E-state index contributed by atoms with van der Waals surface area (Å²) in [7, 11) is 0. The van der Waals surface area contributed by atoms with Gasteiger partial charge in [-0.2, -0.15) is 0 Å². The van der Waals surface area contributed by atoms with Gasteiger partial charge in [0, 0.05) is 26.3 Å². The third-order valence-corrected chi connectivity index (χ3v) is 3.57. The number of pyridine rings is 1. The van der Waals surface area contributed by atoms with Crippen LogP contribution in [-0.4, -0.2) is 4.98 Å². The van der Waals surface area contributed by atoms with Crippen molar-refractivity contribution in [3.63, 3.8) is 0 Å². The van der Waals surface area contributed by atoms with Crippen LogP contribution in [0, 0.1) is 13.5 Å². The molecule has 1 radical (unpaired) electrons. The molecule has 0 saturated carbocycles. The topological polar surface area (TPSA) is 12.9 Å². The van der Waals surface area contributed by atoms with Crippen molar-refractivity contribution in [3.05, 3.63) is 61.1 Å². The van der Waals surface area contributed by atoms with Gasteiger partial charge in [-0.25, -0.2) is 0 Å². The molecule has 123 valence electrons. The van der Waals surface area contributed by atoms with Gasteiger partial charge in [0.1, 0.15) is 0 Å². The van der Waals surface area contributed by atoms with Crippen LogP contribution < -0.4 is 0 Å². The molecule has 1 aromatic carbocycles. The first-order chi connectivity index (χ1) is 9.18. The standard InChI is InChI=1S/C19H24N.CH3.Ir/c1-18(2,3)15-9-7-8-14(12-15)17-11-10-16(13-20-17)19(4,5)6;;/h7,9-13H,1-6H3;1H3;/q2*-1;. The van der Waals surface area contributed by atoms with E-state index in [0.29, 0.717) is 0 Å². The van der Waals surface area contributed by atoms with Crippen LogP contribution in [0.2, 0.25) is 0 Å². The Labute approximate surface area is 149 Å². The van der Waals surface area contributed by atoms with Gasteiger partial charge in [0.25, 0.3) is 0 Å². The predicted octanol–water partition coefficient (Wildman–Crippen LogP) is 5.59. The molecule has 0 aliphatic heterocycles. The fourth-order valence-electron chi connectivity index (χ4n) is 2.08. The maximum Gasteiger partial charge on any atom is 0.0198 e. The molecule has 0 atom stereocenters. The molecule has 0 spiro atoms. The fourth-order valence-corrected chi connectivity index (χ4v) is 2.08. The number of benzene rings is 1. The van der Waals surface area contributed by atoms with Crippen molar-refractivity contribution in [1.29, 1.82) is 0 Å². The molecule has 2 heteroatoms. The minimum absolute atomic E-state index is 0. The van der Waals surface area contributed by atoms with E-state index in [1.54, 1.807) is 0 Å². The van der Waals surface area contributed by atoms with E-state index in [4.69, 9.17) is 0 Å². The summed E-state index contributed by atoms with van der Waals surface area (Å²) >= 11 is 0. The van der Waals surface area contributed by atoms with Crippen molar-refractivity contribution >= 4 is 0 Å². The zero-order valence-electron chi connectivity index (χ0n) is 14.7. The van der Waals surface area contributed by atoms with Crippen molar-refractivity contribution < 1.29 is 20.1 Å². The van der Waals surface area contributed by atoms with Gasteiger partial charge in [0.05, 0.1) is 0 Å². The van der Waals surface area contributed by atoms with E-state index >= 15 is 0 Å². The monoisotopic (exact) mass is 474 g/mol. The number of rotatable bonds is 1. The maximum atomic E-state index is 4.61. The summed E-state index contributed by atoms with van der Waals surface area (Å²) < 4.78 is 0. The summed E-state index contributed by atoms with van der Waals surface area (Å²) in [6.07, 6.45) is 1.98. The third kappa shape index (κ3) is 5.04. The van der Waals surface area contributed by atoms with Crippen molar-refractivity contribution in [3.8, 4) is 11.3 Å². The summed E-state index contributed by atoms with van der Waals surface area (Å²) in [4.78, 5) is 4.61. The van der Waals surface area contributed by atoms with Gasteiger partial charge in [-0.05, 0) is 22.1 Å². The molecule has 0 N–H and O–H groups in total.